The number of carbonyl (C=O) groups excluding carboxylic acids is 1. The van der Waals surface area contributed by atoms with E-state index in [0.29, 0.717) is 5.56 Å². The summed E-state index contributed by atoms with van der Waals surface area (Å²) in [6.07, 6.45) is 3.19. The summed E-state index contributed by atoms with van der Waals surface area (Å²) in [6.45, 7) is 3.31. The van der Waals surface area contributed by atoms with Crippen LogP contribution < -0.4 is 10.2 Å². The monoisotopic (exact) mass is 361 g/mol. The Bertz CT molecular complexity index is 655. The maximum atomic E-state index is 12.2. The fourth-order valence-electron chi connectivity index (χ4n) is 2.32. The number of rotatable bonds is 3. The highest BCUT2D eigenvalue weighted by Gasteiger charge is 2.11. The molecule has 1 aromatic heterocycles. The molecule has 5 nitrogen and oxygen atoms in total. The Labute approximate surface area is 137 Å². The molecule has 1 amide bonds. The van der Waals surface area contributed by atoms with Gasteiger partial charge in [-0.15, -0.1) is 0 Å². The van der Waals surface area contributed by atoms with E-state index in [1.54, 1.807) is 18.5 Å². The molecule has 6 heteroatoms. The van der Waals surface area contributed by atoms with Gasteiger partial charge < -0.3 is 15.0 Å². The molecule has 2 aromatic rings. The molecule has 1 saturated heterocycles. The van der Waals surface area contributed by atoms with Gasteiger partial charge in [-0.25, -0.2) is 0 Å². The molecule has 22 heavy (non-hydrogen) atoms. The summed E-state index contributed by atoms with van der Waals surface area (Å²) in [5.41, 5.74) is 2.43. The number of hydrogen-bond donors (Lipinski definition) is 1. The number of halogens is 1. The molecule has 1 aliphatic heterocycles. The molecule has 0 aliphatic carbocycles. The van der Waals surface area contributed by atoms with Crippen LogP contribution in [-0.2, 0) is 4.74 Å². The van der Waals surface area contributed by atoms with Crippen molar-refractivity contribution in [2.75, 3.05) is 36.5 Å². The predicted octanol–water partition coefficient (Wildman–Crippen LogP) is 2.93. The molecule has 2 heterocycles. The Morgan fingerprint density at radius 3 is 2.59 bits per heavy atom. The molecule has 0 saturated carbocycles. The van der Waals surface area contributed by atoms with E-state index >= 15 is 0 Å². The van der Waals surface area contributed by atoms with Crippen LogP contribution in [0.25, 0.3) is 0 Å². The largest absolute Gasteiger partial charge is 0.378 e. The number of ether oxygens (including phenoxy) is 1. The Kier molecular flexibility index (Phi) is 4.70. The van der Waals surface area contributed by atoms with Crippen molar-refractivity contribution in [2.24, 2.45) is 0 Å². The van der Waals surface area contributed by atoms with E-state index in [1.807, 2.05) is 24.3 Å². The van der Waals surface area contributed by atoms with Crippen molar-refractivity contribution in [3.63, 3.8) is 0 Å². The summed E-state index contributed by atoms with van der Waals surface area (Å²) in [7, 11) is 0. The first-order valence-electron chi connectivity index (χ1n) is 7.07. The number of nitrogens with zero attached hydrogens (tertiary/aromatic N) is 2. The third-order valence-corrected chi connectivity index (χ3v) is 3.90. The lowest BCUT2D eigenvalue weighted by atomic mass is 10.2. The summed E-state index contributed by atoms with van der Waals surface area (Å²) in [5, 5.41) is 2.87. The van der Waals surface area contributed by atoms with Gasteiger partial charge in [0.25, 0.3) is 5.91 Å². The summed E-state index contributed by atoms with van der Waals surface area (Å²) < 4.78 is 6.13. The molecule has 1 aromatic carbocycles. The van der Waals surface area contributed by atoms with Crippen LogP contribution in [0.3, 0.4) is 0 Å². The first-order valence-corrected chi connectivity index (χ1v) is 7.86. The molecule has 114 valence electrons. The topological polar surface area (TPSA) is 54.5 Å². The molecular weight excluding hydrogens is 346 g/mol. The van der Waals surface area contributed by atoms with E-state index in [2.05, 4.69) is 31.1 Å². The number of morpholine rings is 1. The van der Waals surface area contributed by atoms with Crippen LogP contribution in [0.5, 0.6) is 0 Å². The minimum Gasteiger partial charge on any atom is -0.378 e. The first-order chi connectivity index (χ1) is 10.7. The minimum absolute atomic E-state index is 0.173. The maximum absolute atomic E-state index is 12.2. The highest BCUT2D eigenvalue weighted by atomic mass is 79.9. The van der Waals surface area contributed by atoms with Crippen LogP contribution in [-0.4, -0.2) is 37.2 Å². The van der Waals surface area contributed by atoms with Crippen LogP contribution in [0.1, 0.15) is 10.4 Å². The van der Waals surface area contributed by atoms with Gasteiger partial charge in [0.15, 0.2) is 0 Å². The number of pyridine rings is 1. The SMILES string of the molecule is O=C(Nc1ccc(N2CCOCC2)cc1)c1cncc(Br)c1. The second-order valence-electron chi connectivity index (χ2n) is 4.99. The van der Waals surface area contributed by atoms with Gasteiger partial charge in [-0.3, -0.25) is 9.78 Å². The van der Waals surface area contributed by atoms with E-state index in [9.17, 15) is 4.79 Å². The van der Waals surface area contributed by atoms with Gasteiger partial charge in [-0.2, -0.15) is 0 Å². The number of aromatic nitrogens is 1. The van der Waals surface area contributed by atoms with Gasteiger partial charge in [0.05, 0.1) is 18.8 Å². The lowest BCUT2D eigenvalue weighted by Gasteiger charge is -2.28. The quantitative estimate of drug-likeness (QED) is 0.912. The average Bonchev–Trinajstić information content (AvgIpc) is 2.56. The molecule has 3 rings (SSSR count). The van der Waals surface area contributed by atoms with Crippen molar-refractivity contribution in [3.05, 3.63) is 52.8 Å². The molecule has 0 unspecified atom stereocenters. The van der Waals surface area contributed by atoms with Crippen LogP contribution in [0, 0.1) is 0 Å². The van der Waals surface area contributed by atoms with E-state index < -0.39 is 0 Å². The summed E-state index contributed by atoms with van der Waals surface area (Å²) in [5.74, 6) is -0.173. The van der Waals surface area contributed by atoms with E-state index in [0.717, 1.165) is 42.2 Å². The Hall–Kier alpha value is -1.92. The number of benzene rings is 1. The fourth-order valence-corrected chi connectivity index (χ4v) is 2.68. The highest BCUT2D eigenvalue weighted by molar-refractivity contribution is 9.10. The maximum Gasteiger partial charge on any atom is 0.257 e. The molecule has 1 N–H and O–H groups in total. The van der Waals surface area contributed by atoms with E-state index in [1.165, 1.54) is 0 Å². The van der Waals surface area contributed by atoms with E-state index in [-0.39, 0.29) is 5.91 Å². The van der Waals surface area contributed by atoms with Crippen LogP contribution in [0.15, 0.2) is 47.2 Å². The Morgan fingerprint density at radius 1 is 1.18 bits per heavy atom. The second-order valence-corrected chi connectivity index (χ2v) is 5.91. The molecule has 1 aliphatic rings. The zero-order valence-electron chi connectivity index (χ0n) is 12.0. The van der Waals surface area contributed by atoms with Crippen molar-refractivity contribution in [2.45, 2.75) is 0 Å². The van der Waals surface area contributed by atoms with Crippen LogP contribution >= 0.6 is 15.9 Å². The summed E-state index contributed by atoms with van der Waals surface area (Å²) >= 11 is 3.31. The normalized spacial score (nSPS) is 14.7. The second kappa shape index (κ2) is 6.89. The zero-order valence-corrected chi connectivity index (χ0v) is 13.5. The Balaban J connectivity index is 1.66. The number of hydrogen-bond acceptors (Lipinski definition) is 4. The Morgan fingerprint density at radius 2 is 1.91 bits per heavy atom. The summed E-state index contributed by atoms with van der Waals surface area (Å²) in [6, 6.07) is 9.59. The van der Waals surface area contributed by atoms with Crippen molar-refractivity contribution in [1.82, 2.24) is 4.98 Å². The van der Waals surface area contributed by atoms with Crippen molar-refractivity contribution in [3.8, 4) is 0 Å². The van der Waals surface area contributed by atoms with Gasteiger partial charge >= 0.3 is 0 Å². The van der Waals surface area contributed by atoms with Gasteiger partial charge in [0, 0.05) is 41.3 Å². The van der Waals surface area contributed by atoms with E-state index in [4.69, 9.17) is 4.74 Å². The van der Waals surface area contributed by atoms with Crippen molar-refractivity contribution >= 4 is 33.2 Å². The molecule has 0 bridgehead atoms. The third kappa shape index (κ3) is 3.64. The van der Waals surface area contributed by atoms with Crippen LogP contribution in [0.2, 0.25) is 0 Å². The third-order valence-electron chi connectivity index (χ3n) is 3.47. The van der Waals surface area contributed by atoms with Gasteiger partial charge in [0.1, 0.15) is 0 Å². The number of nitrogens with one attached hydrogen (secondary N) is 1. The standard InChI is InChI=1S/C16H16BrN3O2/c17-13-9-12(10-18-11-13)16(21)19-14-1-3-15(4-2-14)20-5-7-22-8-6-20/h1-4,9-11H,5-8H2,(H,19,21). The average molecular weight is 362 g/mol. The molecule has 0 atom stereocenters. The highest BCUT2D eigenvalue weighted by Crippen LogP contribution is 2.19. The summed E-state index contributed by atoms with van der Waals surface area (Å²) in [4.78, 5) is 18.4. The van der Waals surface area contributed by atoms with Gasteiger partial charge in [-0.1, -0.05) is 0 Å². The van der Waals surface area contributed by atoms with Crippen molar-refractivity contribution < 1.29 is 9.53 Å². The molecule has 0 radical (unpaired) electrons. The van der Waals surface area contributed by atoms with Gasteiger partial charge in [0.2, 0.25) is 0 Å². The fraction of sp³-hybridized carbons (Fsp3) is 0.250. The lowest BCUT2D eigenvalue weighted by Crippen LogP contribution is -2.36. The minimum atomic E-state index is -0.173. The molecular formula is C16H16BrN3O2. The number of carbonyl (C=O) groups is 1. The zero-order chi connectivity index (χ0) is 15.4. The van der Waals surface area contributed by atoms with Crippen molar-refractivity contribution in [1.29, 1.82) is 0 Å². The number of amides is 1. The lowest BCUT2D eigenvalue weighted by molar-refractivity contribution is 0.102. The molecule has 0 spiro atoms. The smallest absolute Gasteiger partial charge is 0.257 e. The van der Waals surface area contributed by atoms with Gasteiger partial charge in [-0.05, 0) is 46.3 Å². The number of anilines is 2. The molecule has 1 fully saturated rings. The van der Waals surface area contributed by atoms with Crippen LogP contribution in [0.4, 0.5) is 11.4 Å². The predicted molar refractivity (Wildman–Crippen MR) is 89.4 cm³/mol. The first kappa shape index (κ1) is 15.0.